The number of furan rings is 1. The predicted molar refractivity (Wildman–Crippen MR) is 114 cm³/mol. The van der Waals surface area contributed by atoms with Crippen LogP contribution in [0.3, 0.4) is 0 Å². The smallest absolute Gasteiger partial charge is 0.235 e. The maximum absolute atomic E-state index is 13.3. The van der Waals surface area contributed by atoms with Gasteiger partial charge in [-0.3, -0.25) is 9.69 Å². The summed E-state index contributed by atoms with van der Waals surface area (Å²) >= 11 is 0. The summed E-state index contributed by atoms with van der Waals surface area (Å²) in [7, 11) is 1.55. The van der Waals surface area contributed by atoms with E-state index in [-0.39, 0.29) is 11.2 Å². The highest BCUT2D eigenvalue weighted by Crippen LogP contribution is 2.36. The van der Waals surface area contributed by atoms with Crippen LogP contribution in [-0.4, -0.2) is 18.7 Å². The summed E-state index contributed by atoms with van der Waals surface area (Å²) in [6.07, 6.45) is 1.65. The van der Waals surface area contributed by atoms with Gasteiger partial charge in [0.2, 0.25) is 11.2 Å². The number of benzene rings is 2. The van der Waals surface area contributed by atoms with Crippen LogP contribution in [0.2, 0.25) is 0 Å². The molecule has 7 heteroatoms. The molecule has 158 valence electrons. The number of ether oxygens (including phenoxy) is 3. The molecule has 0 aliphatic carbocycles. The third kappa shape index (κ3) is 3.53. The molecular formula is C24H21NO6. The van der Waals surface area contributed by atoms with Gasteiger partial charge in [0.15, 0.2) is 11.5 Å². The van der Waals surface area contributed by atoms with E-state index in [1.54, 1.807) is 44.6 Å². The Balaban J connectivity index is 1.54. The maximum Gasteiger partial charge on any atom is 0.235 e. The van der Waals surface area contributed by atoms with Gasteiger partial charge in [0.25, 0.3) is 0 Å². The number of fused-ring (bicyclic) bond motifs is 3. The molecule has 0 saturated carbocycles. The maximum atomic E-state index is 13.3. The van der Waals surface area contributed by atoms with Gasteiger partial charge < -0.3 is 23.0 Å². The van der Waals surface area contributed by atoms with Crippen molar-refractivity contribution in [1.29, 1.82) is 0 Å². The summed E-state index contributed by atoms with van der Waals surface area (Å²) in [6, 6.07) is 14.5. The Kier molecular flexibility index (Phi) is 4.88. The normalized spacial score (nSPS) is 13.6. The van der Waals surface area contributed by atoms with Gasteiger partial charge in [-0.05, 0) is 43.3 Å². The zero-order valence-corrected chi connectivity index (χ0v) is 17.2. The molecule has 0 N–H and O–H groups in total. The average Bonchev–Trinajstić information content (AvgIpc) is 3.30. The van der Waals surface area contributed by atoms with E-state index in [0.717, 1.165) is 11.3 Å². The average molecular weight is 419 g/mol. The van der Waals surface area contributed by atoms with Crippen molar-refractivity contribution in [2.75, 3.05) is 13.8 Å². The highest BCUT2D eigenvalue weighted by Gasteiger charge is 2.25. The quantitative estimate of drug-likeness (QED) is 0.458. The second-order valence-electron chi connectivity index (χ2n) is 7.33. The van der Waals surface area contributed by atoms with Crippen molar-refractivity contribution in [3.8, 4) is 23.0 Å². The first-order chi connectivity index (χ1) is 15.1. The summed E-state index contributed by atoms with van der Waals surface area (Å²) in [4.78, 5) is 15.4. The molecule has 0 bridgehead atoms. The number of rotatable bonds is 5. The van der Waals surface area contributed by atoms with Crippen molar-refractivity contribution in [2.24, 2.45) is 0 Å². The fourth-order valence-electron chi connectivity index (χ4n) is 3.76. The van der Waals surface area contributed by atoms with E-state index in [0.29, 0.717) is 53.8 Å². The SMILES string of the molecule is COc1ccccc1Oc1c(C)oc2c3c(ccc2c1=O)OCN(Cc1ccco1)C3. The minimum absolute atomic E-state index is 0.140. The van der Waals surface area contributed by atoms with Crippen LogP contribution < -0.4 is 19.6 Å². The van der Waals surface area contributed by atoms with Crippen molar-refractivity contribution >= 4 is 11.0 Å². The van der Waals surface area contributed by atoms with Crippen molar-refractivity contribution in [1.82, 2.24) is 4.90 Å². The molecule has 31 heavy (non-hydrogen) atoms. The summed E-state index contributed by atoms with van der Waals surface area (Å²) in [5.41, 5.74) is 1.10. The molecule has 2 aromatic carbocycles. The molecule has 4 aromatic rings. The Morgan fingerprint density at radius 1 is 1.06 bits per heavy atom. The van der Waals surface area contributed by atoms with Crippen LogP contribution in [0.25, 0.3) is 11.0 Å². The number of aryl methyl sites for hydroxylation is 1. The molecule has 7 nitrogen and oxygen atoms in total. The molecule has 0 saturated heterocycles. The lowest BCUT2D eigenvalue weighted by Gasteiger charge is -2.28. The summed E-state index contributed by atoms with van der Waals surface area (Å²) in [5.74, 6) is 3.07. The summed E-state index contributed by atoms with van der Waals surface area (Å²) < 4.78 is 28.7. The van der Waals surface area contributed by atoms with Gasteiger partial charge in [0.1, 0.15) is 29.6 Å². The standard InChI is InChI=1S/C24H21NO6/c1-15-23(31-21-8-4-3-7-20(21)27-2)22(26)17-9-10-19-18(24(17)30-15)13-25(14-29-19)12-16-6-5-11-28-16/h3-11H,12-14H2,1-2H3. The largest absolute Gasteiger partial charge is 0.493 e. The zero-order valence-electron chi connectivity index (χ0n) is 17.2. The molecule has 5 rings (SSSR count). The second-order valence-corrected chi connectivity index (χ2v) is 7.33. The van der Waals surface area contributed by atoms with Gasteiger partial charge in [-0.25, -0.2) is 0 Å². The van der Waals surface area contributed by atoms with Gasteiger partial charge in [-0.15, -0.1) is 0 Å². The van der Waals surface area contributed by atoms with Crippen LogP contribution in [-0.2, 0) is 13.1 Å². The van der Waals surface area contributed by atoms with Gasteiger partial charge in [0, 0.05) is 6.54 Å². The van der Waals surface area contributed by atoms with Gasteiger partial charge in [0.05, 0.1) is 30.9 Å². The number of methoxy groups -OCH3 is 1. The highest BCUT2D eigenvalue weighted by molar-refractivity contribution is 5.83. The Morgan fingerprint density at radius 2 is 1.90 bits per heavy atom. The number of nitrogens with zero attached hydrogens (tertiary/aromatic N) is 1. The number of para-hydroxylation sites is 2. The Labute approximate surface area is 178 Å². The lowest BCUT2D eigenvalue weighted by atomic mass is 10.1. The summed E-state index contributed by atoms with van der Waals surface area (Å²) in [5, 5.41) is 0.442. The molecule has 0 atom stereocenters. The topological polar surface area (TPSA) is 74.3 Å². The van der Waals surface area contributed by atoms with Crippen molar-refractivity contribution in [3.05, 3.63) is 82.1 Å². The van der Waals surface area contributed by atoms with E-state index in [1.807, 2.05) is 24.3 Å². The van der Waals surface area contributed by atoms with Crippen LogP contribution in [0.1, 0.15) is 17.1 Å². The van der Waals surface area contributed by atoms with Crippen LogP contribution >= 0.6 is 0 Å². The third-order valence-electron chi connectivity index (χ3n) is 5.27. The first-order valence-electron chi connectivity index (χ1n) is 9.91. The fraction of sp³-hybridized carbons (Fsp3) is 0.208. The van der Waals surface area contributed by atoms with Crippen LogP contribution in [0.15, 0.2) is 68.4 Å². The molecule has 0 unspecified atom stereocenters. The van der Waals surface area contributed by atoms with E-state index in [4.69, 9.17) is 23.0 Å². The number of hydrogen-bond acceptors (Lipinski definition) is 7. The Hall–Kier alpha value is -3.71. The molecule has 0 radical (unpaired) electrons. The predicted octanol–water partition coefficient (Wildman–Crippen LogP) is 4.85. The molecular weight excluding hydrogens is 398 g/mol. The van der Waals surface area contributed by atoms with E-state index in [1.165, 1.54) is 0 Å². The van der Waals surface area contributed by atoms with Crippen LogP contribution in [0.5, 0.6) is 23.0 Å². The van der Waals surface area contributed by atoms with Crippen molar-refractivity contribution in [3.63, 3.8) is 0 Å². The Morgan fingerprint density at radius 3 is 2.68 bits per heavy atom. The van der Waals surface area contributed by atoms with Crippen LogP contribution in [0.4, 0.5) is 0 Å². The van der Waals surface area contributed by atoms with E-state index in [9.17, 15) is 4.79 Å². The lowest BCUT2D eigenvalue weighted by molar-refractivity contribution is 0.0826. The highest BCUT2D eigenvalue weighted by atomic mass is 16.5. The molecule has 1 aliphatic heterocycles. The van der Waals surface area contributed by atoms with Gasteiger partial charge in [-0.1, -0.05) is 12.1 Å². The summed E-state index contributed by atoms with van der Waals surface area (Å²) in [6.45, 7) is 3.32. The van der Waals surface area contributed by atoms with Crippen molar-refractivity contribution < 1.29 is 23.0 Å². The second kappa shape index (κ2) is 7.85. The lowest BCUT2D eigenvalue weighted by Crippen LogP contribution is -2.31. The van der Waals surface area contributed by atoms with E-state index < -0.39 is 0 Å². The monoisotopic (exact) mass is 419 g/mol. The first kappa shape index (κ1) is 19.3. The minimum atomic E-state index is -0.240. The number of hydrogen-bond donors (Lipinski definition) is 0. The van der Waals surface area contributed by atoms with Crippen LogP contribution in [0, 0.1) is 6.92 Å². The molecule has 0 spiro atoms. The first-order valence-corrected chi connectivity index (χ1v) is 9.91. The minimum Gasteiger partial charge on any atom is -0.493 e. The van der Waals surface area contributed by atoms with E-state index in [2.05, 4.69) is 4.90 Å². The fourth-order valence-corrected chi connectivity index (χ4v) is 3.76. The molecule has 0 amide bonds. The Bertz CT molecular complexity index is 1290. The molecule has 2 aromatic heterocycles. The van der Waals surface area contributed by atoms with E-state index >= 15 is 0 Å². The van der Waals surface area contributed by atoms with Crippen molar-refractivity contribution in [2.45, 2.75) is 20.0 Å². The van der Waals surface area contributed by atoms with Gasteiger partial charge >= 0.3 is 0 Å². The zero-order chi connectivity index (χ0) is 21.4. The molecule has 1 aliphatic rings. The molecule has 0 fully saturated rings. The molecule has 3 heterocycles. The third-order valence-corrected chi connectivity index (χ3v) is 5.27. The van der Waals surface area contributed by atoms with Gasteiger partial charge in [-0.2, -0.15) is 0 Å².